The molecule has 1 aromatic rings. The average molecular weight is 278 g/mol. The number of aromatic nitrogens is 1. The molecule has 0 bridgehead atoms. The highest BCUT2D eigenvalue weighted by Gasteiger charge is 2.28. The van der Waals surface area contributed by atoms with Gasteiger partial charge in [-0.15, -0.1) is 0 Å². The number of aliphatic hydroxyl groups is 1. The number of sulfonamides is 1. The normalized spacial score (nSPS) is 15.6. The number of methoxy groups -OCH3 is 1. The van der Waals surface area contributed by atoms with Crippen LogP contribution in [0, 0.1) is 13.8 Å². The summed E-state index contributed by atoms with van der Waals surface area (Å²) in [6, 6.07) is 0. The molecule has 104 valence electrons. The van der Waals surface area contributed by atoms with Crippen molar-refractivity contribution in [1.82, 2.24) is 9.88 Å². The molecule has 1 unspecified atom stereocenters. The van der Waals surface area contributed by atoms with Crippen LogP contribution in [0.25, 0.3) is 0 Å². The van der Waals surface area contributed by atoms with Crippen molar-refractivity contribution in [3.63, 3.8) is 0 Å². The molecule has 0 saturated heterocycles. The van der Waals surface area contributed by atoms with Crippen LogP contribution in [-0.2, 0) is 14.8 Å². The lowest BCUT2D eigenvalue weighted by Gasteiger charge is -2.22. The number of hydrogen-bond acceptors (Lipinski definition) is 6. The van der Waals surface area contributed by atoms with E-state index >= 15 is 0 Å². The van der Waals surface area contributed by atoms with Gasteiger partial charge in [-0.2, -0.15) is 0 Å². The van der Waals surface area contributed by atoms with Crippen LogP contribution in [0.15, 0.2) is 9.42 Å². The molecular formula is C10H18N2O5S. The fraction of sp³-hybridized carbons (Fsp3) is 0.700. The first-order valence-electron chi connectivity index (χ1n) is 5.33. The van der Waals surface area contributed by atoms with Crippen molar-refractivity contribution < 1.29 is 22.8 Å². The van der Waals surface area contributed by atoms with Crippen molar-refractivity contribution in [2.45, 2.75) is 31.3 Å². The lowest BCUT2D eigenvalue weighted by atomic mass is 10.1. The zero-order valence-electron chi connectivity index (χ0n) is 10.8. The van der Waals surface area contributed by atoms with Crippen LogP contribution in [-0.4, -0.2) is 44.5 Å². The van der Waals surface area contributed by atoms with E-state index in [1.54, 1.807) is 6.92 Å². The van der Waals surface area contributed by atoms with E-state index in [-0.39, 0.29) is 29.5 Å². The standard InChI is InChI=1S/C10H18N2O5S/c1-7-9(8(2)17-12-7)18(14,15)11-5-10(3,13)6-16-4/h11,13H,5-6H2,1-4H3. The molecular weight excluding hydrogens is 260 g/mol. The molecule has 1 heterocycles. The Labute approximate surface area is 106 Å². The van der Waals surface area contributed by atoms with Crippen LogP contribution in [0.2, 0.25) is 0 Å². The number of nitrogens with zero attached hydrogens (tertiary/aromatic N) is 1. The van der Waals surface area contributed by atoms with E-state index in [4.69, 9.17) is 9.26 Å². The molecule has 0 amide bonds. The highest BCUT2D eigenvalue weighted by atomic mass is 32.2. The van der Waals surface area contributed by atoms with Gasteiger partial charge in [-0.1, -0.05) is 5.16 Å². The second kappa shape index (κ2) is 5.35. The second-order valence-corrected chi connectivity index (χ2v) is 6.11. The van der Waals surface area contributed by atoms with Crippen LogP contribution in [0.3, 0.4) is 0 Å². The van der Waals surface area contributed by atoms with Crippen molar-refractivity contribution in [3.05, 3.63) is 11.5 Å². The molecule has 7 nitrogen and oxygen atoms in total. The summed E-state index contributed by atoms with van der Waals surface area (Å²) in [5.41, 5.74) is -0.993. The number of rotatable bonds is 6. The summed E-state index contributed by atoms with van der Waals surface area (Å²) >= 11 is 0. The molecule has 2 N–H and O–H groups in total. The largest absolute Gasteiger partial charge is 0.386 e. The molecule has 1 aromatic heterocycles. The second-order valence-electron chi connectivity index (χ2n) is 4.41. The van der Waals surface area contributed by atoms with Crippen LogP contribution < -0.4 is 4.72 Å². The summed E-state index contributed by atoms with van der Waals surface area (Å²) in [4.78, 5) is 0.00992. The quantitative estimate of drug-likeness (QED) is 0.757. The van der Waals surface area contributed by atoms with Gasteiger partial charge in [0.15, 0.2) is 5.76 Å². The first-order valence-corrected chi connectivity index (χ1v) is 6.82. The Hall–Kier alpha value is -0.960. The molecule has 1 rings (SSSR count). The van der Waals surface area contributed by atoms with Crippen molar-refractivity contribution in [2.75, 3.05) is 20.3 Å². The lowest BCUT2D eigenvalue weighted by molar-refractivity contribution is -0.0119. The zero-order chi connectivity index (χ0) is 14.0. The Bertz CT molecular complexity index is 487. The predicted molar refractivity (Wildman–Crippen MR) is 63.7 cm³/mol. The molecule has 8 heteroatoms. The first-order chi connectivity index (χ1) is 8.19. The van der Waals surface area contributed by atoms with E-state index < -0.39 is 15.6 Å². The topological polar surface area (TPSA) is 102 Å². The third-order valence-corrected chi connectivity index (χ3v) is 3.98. The minimum absolute atomic E-state index is 0.00992. The number of aryl methyl sites for hydroxylation is 2. The van der Waals surface area contributed by atoms with E-state index in [1.807, 2.05) is 0 Å². The molecule has 1 atom stereocenters. The van der Waals surface area contributed by atoms with E-state index in [1.165, 1.54) is 21.0 Å². The summed E-state index contributed by atoms with van der Waals surface area (Å²) in [6.45, 7) is 4.40. The molecule has 0 aromatic carbocycles. The SMILES string of the molecule is COCC(C)(O)CNS(=O)(=O)c1c(C)noc1C. The average Bonchev–Trinajstić information content (AvgIpc) is 2.56. The van der Waals surface area contributed by atoms with Crippen LogP contribution in [0.5, 0.6) is 0 Å². The number of nitrogens with one attached hydrogen (secondary N) is 1. The van der Waals surface area contributed by atoms with Gasteiger partial charge in [0.2, 0.25) is 10.0 Å². The maximum Gasteiger partial charge on any atom is 0.246 e. The van der Waals surface area contributed by atoms with Gasteiger partial charge in [0, 0.05) is 13.7 Å². The van der Waals surface area contributed by atoms with E-state index in [9.17, 15) is 13.5 Å². The smallest absolute Gasteiger partial charge is 0.246 e. The molecule has 0 fully saturated rings. The minimum atomic E-state index is -3.75. The summed E-state index contributed by atoms with van der Waals surface area (Å²) in [5, 5.41) is 13.4. The fourth-order valence-corrected chi connectivity index (χ4v) is 3.03. The van der Waals surface area contributed by atoms with Gasteiger partial charge in [-0.05, 0) is 20.8 Å². The summed E-state index contributed by atoms with van der Waals surface area (Å²) in [7, 11) is -2.32. The van der Waals surface area contributed by atoms with Crippen molar-refractivity contribution in [1.29, 1.82) is 0 Å². The Morgan fingerprint density at radius 1 is 1.50 bits per heavy atom. The molecule has 0 aliphatic carbocycles. The van der Waals surface area contributed by atoms with Gasteiger partial charge in [-0.3, -0.25) is 0 Å². The third-order valence-electron chi connectivity index (χ3n) is 2.33. The fourth-order valence-electron chi connectivity index (χ4n) is 1.54. The van der Waals surface area contributed by atoms with Crippen LogP contribution in [0.1, 0.15) is 18.4 Å². The van der Waals surface area contributed by atoms with Gasteiger partial charge in [-0.25, -0.2) is 13.1 Å². The monoisotopic (exact) mass is 278 g/mol. The van der Waals surface area contributed by atoms with E-state index in [0.29, 0.717) is 0 Å². The highest BCUT2D eigenvalue weighted by Crippen LogP contribution is 2.18. The van der Waals surface area contributed by atoms with Crippen molar-refractivity contribution in [2.24, 2.45) is 0 Å². The number of ether oxygens (including phenoxy) is 1. The van der Waals surface area contributed by atoms with E-state index in [2.05, 4.69) is 9.88 Å². The van der Waals surface area contributed by atoms with Gasteiger partial charge in [0.25, 0.3) is 0 Å². The van der Waals surface area contributed by atoms with Crippen molar-refractivity contribution >= 4 is 10.0 Å². The number of hydrogen-bond donors (Lipinski definition) is 2. The summed E-state index contributed by atoms with van der Waals surface area (Å²) in [5.74, 6) is 0.214. The van der Waals surface area contributed by atoms with Crippen LogP contribution >= 0.6 is 0 Å². The maximum absolute atomic E-state index is 12.0. The lowest BCUT2D eigenvalue weighted by Crippen LogP contribution is -2.43. The maximum atomic E-state index is 12.0. The molecule has 0 aliphatic rings. The predicted octanol–water partition coefficient (Wildman–Crippen LogP) is -0.0329. The van der Waals surface area contributed by atoms with Gasteiger partial charge in [0.1, 0.15) is 10.6 Å². The summed E-state index contributed by atoms with van der Waals surface area (Å²) in [6.07, 6.45) is 0. The zero-order valence-corrected chi connectivity index (χ0v) is 11.7. The summed E-state index contributed by atoms with van der Waals surface area (Å²) < 4.78 is 36.0. The van der Waals surface area contributed by atoms with Gasteiger partial charge >= 0.3 is 0 Å². The molecule has 18 heavy (non-hydrogen) atoms. The van der Waals surface area contributed by atoms with Crippen molar-refractivity contribution in [3.8, 4) is 0 Å². The highest BCUT2D eigenvalue weighted by molar-refractivity contribution is 7.89. The third kappa shape index (κ3) is 3.52. The van der Waals surface area contributed by atoms with E-state index in [0.717, 1.165) is 0 Å². The molecule has 0 radical (unpaired) electrons. The van der Waals surface area contributed by atoms with Gasteiger partial charge < -0.3 is 14.4 Å². The Morgan fingerprint density at radius 2 is 2.11 bits per heavy atom. The Morgan fingerprint density at radius 3 is 2.56 bits per heavy atom. The molecule has 0 spiro atoms. The first kappa shape index (κ1) is 15.1. The molecule has 0 aliphatic heterocycles. The Kier molecular flexibility index (Phi) is 4.49. The van der Waals surface area contributed by atoms with Gasteiger partial charge in [0.05, 0.1) is 12.2 Å². The minimum Gasteiger partial charge on any atom is -0.386 e. The van der Waals surface area contributed by atoms with Crippen LogP contribution in [0.4, 0.5) is 0 Å². The molecule has 0 saturated carbocycles. The Balaban J connectivity index is 2.84.